The summed E-state index contributed by atoms with van der Waals surface area (Å²) in [5.41, 5.74) is -1.38. The lowest BCUT2D eigenvalue weighted by Gasteiger charge is -2.19. The van der Waals surface area contributed by atoms with Crippen LogP contribution in [-0.2, 0) is 11.0 Å². The van der Waals surface area contributed by atoms with Crippen molar-refractivity contribution in [2.75, 3.05) is 0 Å². The second-order valence-electron chi connectivity index (χ2n) is 3.54. The van der Waals surface area contributed by atoms with Crippen LogP contribution in [-0.4, -0.2) is 16.3 Å². The van der Waals surface area contributed by atoms with Gasteiger partial charge in [-0.1, -0.05) is 18.2 Å². The fourth-order valence-corrected chi connectivity index (χ4v) is 1.53. The fourth-order valence-electron chi connectivity index (χ4n) is 1.39. The predicted octanol–water partition coefficient (Wildman–Crippen LogP) is 2.94. The highest BCUT2D eigenvalue weighted by Crippen LogP contribution is 2.36. The van der Waals surface area contributed by atoms with E-state index in [-0.39, 0.29) is 0 Å². The molecule has 0 amide bonds. The Morgan fingerprint density at radius 3 is 2.35 bits per heavy atom. The topological polar surface area (TPSA) is 37.3 Å². The van der Waals surface area contributed by atoms with Crippen molar-refractivity contribution in [1.29, 1.82) is 0 Å². The Morgan fingerprint density at radius 1 is 1.35 bits per heavy atom. The Labute approximate surface area is 101 Å². The van der Waals surface area contributed by atoms with E-state index < -0.39 is 34.6 Å². The number of carbonyl (C=O) groups is 1. The Balaban J connectivity index is 3.18. The molecule has 0 bridgehead atoms. The van der Waals surface area contributed by atoms with E-state index in [4.69, 9.17) is 11.6 Å². The molecule has 94 valence electrons. The lowest BCUT2D eigenvalue weighted by atomic mass is 9.98. The standard InChI is InChI=1S/C11H10ClF3O2/c1-6(16)9(12)10(17)7-4-2-3-5-8(7)11(13,14)15/h2-5,9-10,17H,1H3/t9-,10-/m0/s1. The molecule has 6 heteroatoms. The Morgan fingerprint density at radius 2 is 1.88 bits per heavy atom. The number of hydrogen-bond donors (Lipinski definition) is 1. The first-order valence-corrected chi connectivity index (χ1v) is 5.17. The van der Waals surface area contributed by atoms with E-state index >= 15 is 0 Å². The average Bonchev–Trinajstić information content (AvgIpc) is 2.25. The SMILES string of the molecule is CC(=O)[C@H](Cl)[C@@H](O)c1ccccc1C(F)(F)F. The fraction of sp³-hybridized carbons (Fsp3) is 0.364. The Hall–Kier alpha value is -1.07. The largest absolute Gasteiger partial charge is 0.416 e. The Kier molecular flexibility index (Phi) is 4.16. The number of hydrogen-bond acceptors (Lipinski definition) is 2. The van der Waals surface area contributed by atoms with Gasteiger partial charge in [0.15, 0.2) is 5.78 Å². The van der Waals surface area contributed by atoms with Crippen LogP contribution in [0.3, 0.4) is 0 Å². The molecule has 0 aromatic heterocycles. The van der Waals surface area contributed by atoms with Gasteiger partial charge >= 0.3 is 6.18 Å². The smallest absolute Gasteiger partial charge is 0.386 e. The van der Waals surface area contributed by atoms with Crippen LogP contribution in [0.25, 0.3) is 0 Å². The third kappa shape index (κ3) is 3.20. The molecule has 1 N–H and O–H groups in total. The van der Waals surface area contributed by atoms with Crippen molar-refractivity contribution in [3.05, 3.63) is 35.4 Å². The van der Waals surface area contributed by atoms with E-state index in [0.29, 0.717) is 0 Å². The number of Topliss-reactive ketones (excluding diaryl/α,β-unsaturated/α-hetero) is 1. The molecule has 1 aromatic carbocycles. The lowest BCUT2D eigenvalue weighted by Crippen LogP contribution is -2.23. The highest BCUT2D eigenvalue weighted by molar-refractivity contribution is 6.31. The zero-order chi connectivity index (χ0) is 13.2. The monoisotopic (exact) mass is 266 g/mol. The van der Waals surface area contributed by atoms with Gasteiger partial charge in [0.25, 0.3) is 0 Å². The van der Waals surface area contributed by atoms with Crippen LogP contribution in [0.1, 0.15) is 24.2 Å². The minimum Gasteiger partial charge on any atom is -0.386 e. The van der Waals surface area contributed by atoms with Crippen molar-refractivity contribution in [1.82, 2.24) is 0 Å². The third-order valence-electron chi connectivity index (χ3n) is 2.25. The zero-order valence-corrected chi connectivity index (χ0v) is 9.59. The van der Waals surface area contributed by atoms with Crippen LogP contribution in [0.5, 0.6) is 0 Å². The van der Waals surface area contributed by atoms with E-state index in [1.54, 1.807) is 0 Å². The molecular formula is C11H10ClF3O2. The maximum atomic E-state index is 12.6. The second-order valence-corrected chi connectivity index (χ2v) is 4.01. The summed E-state index contributed by atoms with van der Waals surface area (Å²) in [6.45, 7) is 1.11. The van der Waals surface area contributed by atoms with Crippen molar-refractivity contribution < 1.29 is 23.1 Å². The molecular weight excluding hydrogens is 257 g/mol. The highest BCUT2D eigenvalue weighted by Gasteiger charge is 2.36. The van der Waals surface area contributed by atoms with Gasteiger partial charge in [-0.2, -0.15) is 13.2 Å². The number of benzene rings is 1. The van der Waals surface area contributed by atoms with Crippen LogP contribution in [0.4, 0.5) is 13.2 Å². The van der Waals surface area contributed by atoms with E-state index in [1.165, 1.54) is 12.1 Å². The number of carbonyl (C=O) groups excluding carboxylic acids is 1. The third-order valence-corrected chi connectivity index (χ3v) is 2.80. The van der Waals surface area contributed by atoms with E-state index in [0.717, 1.165) is 19.1 Å². The zero-order valence-electron chi connectivity index (χ0n) is 8.83. The number of ketones is 1. The van der Waals surface area contributed by atoms with Gasteiger partial charge in [-0.05, 0) is 18.6 Å². The molecule has 0 unspecified atom stereocenters. The van der Waals surface area contributed by atoms with Crippen molar-refractivity contribution in [3.63, 3.8) is 0 Å². The number of halogens is 4. The number of aliphatic hydroxyl groups excluding tert-OH is 1. The van der Waals surface area contributed by atoms with E-state index in [2.05, 4.69) is 0 Å². The molecule has 0 heterocycles. The molecule has 0 spiro atoms. The molecule has 17 heavy (non-hydrogen) atoms. The molecule has 0 fully saturated rings. The molecule has 0 saturated heterocycles. The van der Waals surface area contributed by atoms with Crippen LogP contribution in [0.15, 0.2) is 24.3 Å². The molecule has 0 aliphatic carbocycles. The van der Waals surface area contributed by atoms with E-state index in [9.17, 15) is 23.1 Å². The molecule has 0 aliphatic heterocycles. The van der Waals surface area contributed by atoms with Gasteiger partial charge in [-0.3, -0.25) is 4.79 Å². The highest BCUT2D eigenvalue weighted by atomic mass is 35.5. The maximum Gasteiger partial charge on any atom is 0.416 e. The van der Waals surface area contributed by atoms with Crippen molar-refractivity contribution >= 4 is 17.4 Å². The number of rotatable bonds is 3. The molecule has 0 saturated carbocycles. The molecule has 0 radical (unpaired) electrons. The second kappa shape index (κ2) is 5.06. The number of alkyl halides is 4. The molecule has 2 atom stereocenters. The maximum absolute atomic E-state index is 12.6. The summed E-state index contributed by atoms with van der Waals surface area (Å²) < 4.78 is 37.9. The first-order valence-electron chi connectivity index (χ1n) is 4.74. The van der Waals surface area contributed by atoms with E-state index in [1.807, 2.05) is 0 Å². The van der Waals surface area contributed by atoms with Crippen molar-refractivity contribution in [2.24, 2.45) is 0 Å². The summed E-state index contributed by atoms with van der Waals surface area (Å²) in [4.78, 5) is 10.9. The van der Waals surface area contributed by atoms with Crippen LogP contribution >= 0.6 is 11.6 Å². The normalized spacial score (nSPS) is 15.4. The first kappa shape index (κ1) is 14.0. The van der Waals surface area contributed by atoms with Crippen LogP contribution < -0.4 is 0 Å². The summed E-state index contributed by atoms with van der Waals surface area (Å²) in [6.07, 6.45) is -6.27. The van der Waals surface area contributed by atoms with Crippen molar-refractivity contribution in [2.45, 2.75) is 24.6 Å². The van der Waals surface area contributed by atoms with Gasteiger partial charge in [0, 0.05) is 0 Å². The summed E-state index contributed by atoms with van der Waals surface area (Å²) in [7, 11) is 0. The summed E-state index contributed by atoms with van der Waals surface area (Å²) >= 11 is 5.56. The first-order chi connectivity index (χ1) is 7.75. The van der Waals surface area contributed by atoms with Gasteiger partial charge in [-0.15, -0.1) is 11.6 Å². The minimum absolute atomic E-state index is 0.393. The average molecular weight is 267 g/mol. The Bertz CT molecular complexity index is 417. The molecule has 0 aliphatic rings. The van der Waals surface area contributed by atoms with Gasteiger partial charge in [0.1, 0.15) is 11.5 Å². The predicted molar refractivity (Wildman–Crippen MR) is 56.7 cm³/mol. The molecule has 1 rings (SSSR count). The minimum atomic E-state index is -4.59. The lowest BCUT2D eigenvalue weighted by molar-refractivity contribution is -0.139. The van der Waals surface area contributed by atoms with Gasteiger partial charge < -0.3 is 5.11 Å². The van der Waals surface area contributed by atoms with Gasteiger partial charge in [0.05, 0.1) is 5.56 Å². The molecule has 1 aromatic rings. The van der Waals surface area contributed by atoms with Gasteiger partial charge in [-0.25, -0.2) is 0 Å². The quantitative estimate of drug-likeness (QED) is 0.854. The van der Waals surface area contributed by atoms with Crippen LogP contribution in [0.2, 0.25) is 0 Å². The summed E-state index contributed by atoms with van der Waals surface area (Å²) in [5.74, 6) is -0.587. The van der Waals surface area contributed by atoms with Gasteiger partial charge in [0.2, 0.25) is 0 Å². The summed E-state index contributed by atoms with van der Waals surface area (Å²) in [6, 6.07) is 4.49. The number of aliphatic hydroxyl groups is 1. The summed E-state index contributed by atoms with van der Waals surface area (Å²) in [5, 5.41) is 8.26. The molecule has 2 nitrogen and oxygen atoms in total. The van der Waals surface area contributed by atoms with Crippen molar-refractivity contribution in [3.8, 4) is 0 Å². The van der Waals surface area contributed by atoms with Crippen LogP contribution in [0, 0.1) is 0 Å².